The molecule has 2 N–H and O–H groups in total. The number of nitrogens with two attached hydrogens (primary N) is 1. The fourth-order valence-electron chi connectivity index (χ4n) is 2.13. The first-order valence-corrected chi connectivity index (χ1v) is 8.61. The average molecular weight is 302 g/mol. The van der Waals surface area contributed by atoms with Crippen LogP contribution in [0.15, 0.2) is 4.34 Å². The SMILES string of the molecule is Cc1nnc(SCC2CS[C@@H]3C(N)C(=O)N3C2)s1. The molecule has 2 aliphatic rings. The standard InChI is InChI=1S/C10H14N4OS3/c1-5-12-13-10(18-5)17-4-6-2-14-8(15)7(11)9(14)16-3-6/h6-7,9H,2-4,11H2,1H3/t6?,7?,9-/m1/s1. The predicted octanol–water partition coefficient (Wildman–Crippen LogP) is 0.797. The fraction of sp³-hybridized carbons (Fsp3) is 0.700. The summed E-state index contributed by atoms with van der Waals surface area (Å²) >= 11 is 5.17. The molecule has 3 heterocycles. The van der Waals surface area contributed by atoms with Crippen molar-refractivity contribution in [2.75, 3.05) is 18.1 Å². The van der Waals surface area contributed by atoms with Gasteiger partial charge in [0.05, 0.1) is 0 Å². The van der Waals surface area contributed by atoms with E-state index in [0.717, 1.165) is 27.4 Å². The van der Waals surface area contributed by atoms with Gasteiger partial charge in [-0.1, -0.05) is 23.1 Å². The Hall–Kier alpha value is -0.310. The third-order valence-corrected chi connectivity index (χ3v) is 6.85. The minimum absolute atomic E-state index is 0.106. The van der Waals surface area contributed by atoms with E-state index in [2.05, 4.69) is 10.2 Å². The van der Waals surface area contributed by atoms with Crippen molar-refractivity contribution in [2.24, 2.45) is 11.7 Å². The molecule has 0 saturated carbocycles. The highest BCUT2D eigenvalue weighted by molar-refractivity contribution is 8.01. The lowest BCUT2D eigenvalue weighted by Crippen LogP contribution is -2.69. The van der Waals surface area contributed by atoms with Gasteiger partial charge in [-0.05, 0) is 12.8 Å². The Morgan fingerprint density at radius 1 is 1.56 bits per heavy atom. The minimum atomic E-state index is -0.269. The molecular weight excluding hydrogens is 288 g/mol. The van der Waals surface area contributed by atoms with Crippen LogP contribution in [-0.4, -0.2) is 50.5 Å². The van der Waals surface area contributed by atoms with Gasteiger partial charge in [0.1, 0.15) is 16.4 Å². The zero-order valence-electron chi connectivity index (χ0n) is 9.91. The molecule has 1 amide bonds. The van der Waals surface area contributed by atoms with Gasteiger partial charge in [-0.3, -0.25) is 4.79 Å². The van der Waals surface area contributed by atoms with Crippen LogP contribution < -0.4 is 5.73 Å². The lowest BCUT2D eigenvalue weighted by Gasteiger charge is -2.49. The van der Waals surface area contributed by atoms with Gasteiger partial charge in [0.15, 0.2) is 4.34 Å². The maximum Gasteiger partial charge on any atom is 0.243 e. The van der Waals surface area contributed by atoms with E-state index in [1.54, 1.807) is 23.1 Å². The Balaban J connectivity index is 1.51. The van der Waals surface area contributed by atoms with Crippen molar-refractivity contribution < 1.29 is 4.79 Å². The van der Waals surface area contributed by atoms with Gasteiger partial charge in [0.25, 0.3) is 0 Å². The molecule has 5 nitrogen and oxygen atoms in total. The Kier molecular flexibility index (Phi) is 3.52. The normalized spacial score (nSPS) is 31.1. The molecule has 2 unspecified atom stereocenters. The van der Waals surface area contributed by atoms with Gasteiger partial charge < -0.3 is 10.6 Å². The largest absolute Gasteiger partial charge is 0.327 e. The second-order valence-electron chi connectivity index (χ2n) is 4.50. The molecule has 1 aromatic rings. The van der Waals surface area contributed by atoms with Crippen LogP contribution in [0.5, 0.6) is 0 Å². The molecule has 2 saturated heterocycles. The van der Waals surface area contributed by atoms with Gasteiger partial charge in [-0.2, -0.15) is 0 Å². The molecular formula is C10H14N4OS3. The maximum absolute atomic E-state index is 11.6. The number of β-lactam (4-membered cyclic amide) rings is 1. The number of rotatable bonds is 3. The number of nitrogens with zero attached hydrogens (tertiary/aromatic N) is 3. The summed E-state index contributed by atoms with van der Waals surface area (Å²) in [5.74, 6) is 2.70. The van der Waals surface area contributed by atoms with Crippen molar-refractivity contribution in [1.29, 1.82) is 0 Å². The molecule has 2 aliphatic heterocycles. The van der Waals surface area contributed by atoms with Crippen LogP contribution in [0.2, 0.25) is 0 Å². The summed E-state index contributed by atoms with van der Waals surface area (Å²) in [6.07, 6.45) is 0. The second kappa shape index (κ2) is 4.99. The zero-order valence-corrected chi connectivity index (χ0v) is 12.4. The lowest BCUT2D eigenvalue weighted by molar-refractivity contribution is -0.145. The first-order chi connectivity index (χ1) is 8.65. The van der Waals surface area contributed by atoms with Crippen LogP contribution >= 0.6 is 34.9 Å². The number of carbonyl (C=O) groups excluding carboxylic acids is 1. The smallest absolute Gasteiger partial charge is 0.243 e. The number of thioether (sulfide) groups is 2. The molecule has 3 atom stereocenters. The van der Waals surface area contributed by atoms with Crippen molar-refractivity contribution in [1.82, 2.24) is 15.1 Å². The zero-order chi connectivity index (χ0) is 12.7. The van der Waals surface area contributed by atoms with E-state index in [-0.39, 0.29) is 17.3 Å². The first-order valence-electron chi connectivity index (χ1n) is 5.75. The van der Waals surface area contributed by atoms with Crippen molar-refractivity contribution >= 4 is 40.8 Å². The third kappa shape index (κ3) is 2.26. The van der Waals surface area contributed by atoms with E-state index in [1.807, 2.05) is 23.6 Å². The lowest BCUT2D eigenvalue weighted by atomic mass is 10.0. The van der Waals surface area contributed by atoms with Crippen LogP contribution in [0.25, 0.3) is 0 Å². The molecule has 1 aromatic heterocycles. The van der Waals surface area contributed by atoms with E-state index in [4.69, 9.17) is 5.73 Å². The predicted molar refractivity (Wildman–Crippen MR) is 74.8 cm³/mol. The van der Waals surface area contributed by atoms with E-state index < -0.39 is 0 Å². The average Bonchev–Trinajstić information content (AvgIpc) is 2.81. The first kappa shape index (κ1) is 12.7. The molecule has 0 aromatic carbocycles. The third-order valence-electron chi connectivity index (χ3n) is 3.09. The van der Waals surface area contributed by atoms with E-state index >= 15 is 0 Å². The summed E-state index contributed by atoms with van der Waals surface area (Å²) in [5, 5.41) is 9.33. The summed E-state index contributed by atoms with van der Waals surface area (Å²) in [7, 11) is 0. The van der Waals surface area contributed by atoms with Crippen molar-refractivity contribution in [3.05, 3.63) is 5.01 Å². The summed E-state index contributed by atoms with van der Waals surface area (Å²) in [4.78, 5) is 13.5. The Bertz CT molecular complexity index is 466. The maximum atomic E-state index is 11.6. The Morgan fingerprint density at radius 2 is 2.39 bits per heavy atom. The van der Waals surface area contributed by atoms with E-state index in [0.29, 0.717) is 5.92 Å². The van der Waals surface area contributed by atoms with Crippen molar-refractivity contribution in [3.8, 4) is 0 Å². The Morgan fingerprint density at radius 3 is 3.11 bits per heavy atom. The quantitative estimate of drug-likeness (QED) is 0.658. The summed E-state index contributed by atoms with van der Waals surface area (Å²) in [5.41, 5.74) is 5.76. The molecule has 8 heteroatoms. The van der Waals surface area contributed by atoms with E-state index in [1.165, 1.54) is 0 Å². The van der Waals surface area contributed by atoms with Crippen LogP contribution in [0, 0.1) is 12.8 Å². The molecule has 0 radical (unpaired) electrons. The van der Waals surface area contributed by atoms with Crippen LogP contribution in [-0.2, 0) is 4.79 Å². The second-order valence-corrected chi connectivity index (χ2v) is 8.10. The number of aromatic nitrogens is 2. The highest BCUT2D eigenvalue weighted by Gasteiger charge is 2.48. The fourth-order valence-corrected chi connectivity index (χ4v) is 5.58. The molecule has 0 bridgehead atoms. The Labute approximate surface area is 118 Å². The number of hydrogen-bond donors (Lipinski definition) is 1. The number of hydrogen-bond acceptors (Lipinski definition) is 7. The number of carbonyl (C=O) groups is 1. The molecule has 3 rings (SSSR count). The monoisotopic (exact) mass is 302 g/mol. The van der Waals surface area contributed by atoms with Crippen molar-refractivity contribution in [3.63, 3.8) is 0 Å². The summed E-state index contributed by atoms with van der Waals surface area (Å²) in [6.45, 7) is 2.80. The summed E-state index contributed by atoms with van der Waals surface area (Å²) in [6, 6.07) is -0.269. The van der Waals surface area contributed by atoms with Crippen LogP contribution in [0.3, 0.4) is 0 Å². The van der Waals surface area contributed by atoms with Crippen LogP contribution in [0.1, 0.15) is 5.01 Å². The highest BCUT2D eigenvalue weighted by atomic mass is 32.2. The number of amides is 1. The summed E-state index contributed by atoms with van der Waals surface area (Å²) < 4.78 is 1.02. The minimum Gasteiger partial charge on any atom is -0.327 e. The molecule has 0 aliphatic carbocycles. The van der Waals surface area contributed by atoms with E-state index in [9.17, 15) is 4.79 Å². The van der Waals surface area contributed by atoms with Crippen molar-refractivity contribution in [2.45, 2.75) is 22.7 Å². The van der Waals surface area contributed by atoms with Crippen LogP contribution in [0.4, 0.5) is 0 Å². The molecule has 0 spiro atoms. The molecule has 2 fully saturated rings. The van der Waals surface area contributed by atoms with Gasteiger partial charge >= 0.3 is 0 Å². The van der Waals surface area contributed by atoms with Gasteiger partial charge in [0, 0.05) is 18.1 Å². The molecule has 98 valence electrons. The van der Waals surface area contributed by atoms with Gasteiger partial charge in [-0.25, -0.2) is 0 Å². The number of aryl methyl sites for hydroxylation is 1. The van der Waals surface area contributed by atoms with Gasteiger partial charge in [0.2, 0.25) is 5.91 Å². The number of fused-ring (bicyclic) bond motifs is 1. The highest BCUT2D eigenvalue weighted by Crippen LogP contribution is 2.37. The topological polar surface area (TPSA) is 72.1 Å². The molecule has 18 heavy (non-hydrogen) atoms. The van der Waals surface area contributed by atoms with Gasteiger partial charge in [-0.15, -0.1) is 22.0 Å².